The lowest BCUT2D eigenvalue weighted by Gasteiger charge is -2.33. The molecule has 1 aromatic carbocycles. The predicted molar refractivity (Wildman–Crippen MR) is 158 cm³/mol. The largest absolute Gasteiger partial charge is 0.389 e. The molecule has 0 bridgehead atoms. The quantitative estimate of drug-likeness (QED) is 0.332. The maximum atomic E-state index is 14.1. The zero-order chi connectivity index (χ0) is 30.8. The number of carbonyl (C=O) groups is 5. The van der Waals surface area contributed by atoms with Crippen LogP contribution < -0.4 is 16.0 Å². The van der Waals surface area contributed by atoms with Crippen LogP contribution in [0.4, 0.5) is 0 Å². The minimum Gasteiger partial charge on any atom is -0.389 e. The summed E-state index contributed by atoms with van der Waals surface area (Å²) in [7, 11) is 0. The zero-order valence-corrected chi connectivity index (χ0v) is 25.7. The van der Waals surface area contributed by atoms with Gasteiger partial charge < -0.3 is 20.8 Å². The second-order valence-electron chi connectivity index (χ2n) is 13.0. The Balaban J connectivity index is 1.60. The number of nitrogens with one attached hydrogen (secondary N) is 3. The number of carbonyl (C=O) groups excluding carboxylic acids is 5. The highest BCUT2D eigenvalue weighted by molar-refractivity contribution is 6.38. The molecule has 0 saturated heterocycles. The van der Waals surface area contributed by atoms with Gasteiger partial charge in [0.25, 0.3) is 5.91 Å². The van der Waals surface area contributed by atoms with Gasteiger partial charge in [-0.1, -0.05) is 63.0 Å². The molecule has 42 heavy (non-hydrogen) atoms. The molecule has 3 aliphatic rings. The summed E-state index contributed by atoms with van der Waals surface area (Å²) >= 11 is 6.19. The van der Waals surface area contributed by atoms with Gasteiger partial charge >= 0.3 is 0 Å². The van der Waals surface area contributed by atoms with Crippen LogP contribution in [0.5, 0.6) is 0 Å². The van der Waals surface area contributed by atoms with Crippen LogP contribution in [0.3, 0.4) is 0 Å². The molecule has 11 heteroatoms. The SMILES string of the molecule is CCC[C@H](NC(=O)[C@@H]1C[C@]2(CC(c3cccc(Cl)c3)=NO2)CC1C(=O)[C@@H](NC(C)=O)C(C)(C)C)C(=O)C(=O)NC1CC1. The van der Waals surface area contributed by atoms with Crippen LogP contribution in [0.1, 0.15) is 85.1 Å². The van der Waals surface area contributed by atoms with Gasteiger partial charge in [0.05, 0.1) is 23.7 Å². The van der Waals surface area contributed by atoms with Gasteiger partial charge in [0.2, 0.25) is 17.6 Å². The number of nitrogens with zero attached hydrogens (tertiary/aromatic N) is 1. The van der Waals surface area contributed by atoms with Crippen LogP contribution in [0.2, 0.25) is 5.02 Å². The summed E-state index contributed by atoms with van der Waals surface area (Å²) in [6, 6.07) is 5.37. The van der Waals surface area contributed by atoms with Gasteiger partial charge in [-0.05, 0) is 36.8 Å². The molecular formula is C31H41ClN4O6. The molecule has 3 amide bonds. The normalized spacial score (nSPS) is 24.8. The highest BCUT2D eigenvalue weighted by atomic mass is 35.5. The fraction of sp³-hybridized carbons (Fsp3) is 0.613. The number of ketones is 2. The lowest BCUT2D eigenvalue weighted by molar-refractivity contribution is -0.141. The number of benzene rings is 1. The summed E-state index contributed by atoms with van der Waals surface area (Å²) in [5, 5.41) is 13.2. The van der Waals surface area contributed by atoms with Gasteiger partial charge in [0, 0.05) is 48.7 Å². The van der Waals surface area contributed by atoms with E-state index < -0.39 is 52.5 Å². The molecule has 1 unspecified atom stereocenters. The van der Waals surface area contributed by atoms with Crippen molar-refractivity contribution in [1.29, 1.82) is 0 Å². The minimum atomic E-state index is -1.01. The highest BCUT2D eigenvalue weighted by Crippen LogP contribution is 2.49. The van der Waals surface area contributed by atoms with Crippen LogP contribution in [-0.4, -0.2) is 58.7 Å². The molecule has 228 valence electrons. The summed E-state index contributed by atoms with van der Waals surface area (Å²) in [6.07, 6.45) is 3.27. The number of halogens is 1. The first-order chi connectivity index (χ1) is 19.7. The second-order valence-corrected chi connectivity index (χ2v) is 13.4. The van der Waals surface area contributed by atoms with E-state index in [1.807, 2.05) is 39.8 Å². The zero-order valence-electron chi connectivity index (χ0n) is 24.9. The molecule has 1 spiro atoms. The predicted octanol–water partition coefficient (Wildman–Crippen LogP) is 3.48. The Bertz CT molecular complexity index is 1290. The van der Waals surface area contributed by atoms with E-state index in [1.54, 1.807) is 12.1 Å². The Kier molecular flexibility index (Phi) is 9.45. The molecule has 10 nitrogen and oxygen atoms in total. The molecule has 2 saturated carbocycles. The summed E-state index contributed by atoms with van der Waals surface area (Å²) in [5.41, 5.74) is -0.0992. The molecule has 4 rings (SSSR count). The van der Waals surface area contributed by atoms with Crippen molar-refractivity contribution in [3.05, 3.63) is 34.9 Å². The van der Waals surface area contributed by atoms with E-state index in [1.165, 1.54) is 6.92 Å². The highest BCUT2D eigenvalue weighted by Gasteiger charge is 2.57. The molecule has 1 aromatic rings. The molecule has 3 N–H and O–H groups in total. The van der Waals surface area contributed by atoms with E-state index in [-0.39, 0.29) is 37.0 Å². The van der Waals surface area contributed by atoms with Gasteiger partial charge in [0.15, 0.2) is 5.78 Å². The van der Waals surface area contributed by atoms with Gasteiger partial charge in [-0.25, -0.2) is 0 Å². The first-order valence-electron chi connectivity index (χ1n) is 14.7. The molecular weight excluding hydrogens is 560 g/mol. The van der Waals surface area contributed by atoms with E-state index in [4.69, 9.17) is 16.4 Å². The molecule has 1 aliphatic heterocycles. The van der Waals surface area contributed by atoms with Crippen LogP contribution in [-0.2, 0) is 28.8 Å². The number of hydrogen-bond acceptors (Lipinski definition) is 7. The average molecular weight is 601 g/mol. The van der Waals surface area contributed by atoms with Crippen molar-refractivity contribution in [2.45, 2.75) is 103 Å². The Hall–Kier alpha value is -3.27. The molecule has 2 fully saturated rings. The van der Waals surface area contributed by atoms with E-state index in [9.17, 15) is 24.0 Å². The third-order valence-electron chi connectivity index (χ3n) is 8.21. The van der Waals surface area contributed by atoms with E-state index in [2.05, 4.69) is 21.1 Å². The van der Waals surface area contributed by atoms with Gasteiger partial charge in [0.1, 0.15) is 5.60 Å². The van der Waals surface area contributed by atoms with Crippen molar-refractivity contribution in [3.8, 4) is 0 Å². The summed E-state index contributed by atoms with van der Waals surface area (Å²) < 4.78 is 0. The van der Waals surface area contributed by atoms with Crippen molar-refractivity contribution >= 4 is 46.6 Å². The first-order valence-corrected chi connectivity index (χ1v) is 15.1. The van der Waals surface area contributed by atoms with Gasteiger partial charge in [-0.2, -0.15) is 0 Å². The van der Waals surface area contributed by atoms with Crippen LogP contribution >= 0.6 is 11.6 Å². The molecule has 2 aliphatic carbocycles. The van der Waals surface area contributed by atoms with E-state index in [0.717, 1.165) is 18.4 Å². The van der Waals surface area contributed by atoms with E-state index in [0.29, 0.717) is 23.6 Å². The third-order valence-corrected chi connectivity index (χ3v) is 8.45. The lowest BCUT2D eigenvalue weighted by atomic mass is 9.77. The second kappa shape index (κ2) is 12.5. The maximum Gasteiger partial charge on any atom is 0.289 e. The molecule has 0 radical (unpaired) electrons. The van der Waals surface area contributed by atoms with Crippen LogP contribution in [0.25, 0.3) is 0 Å². The maximum absolute atomic E-state index is 14.1. The smallest absolute Gasteiger partial charge is 0.289 e. The van der Waals surface area contributed by atoms with Crippen LogP contribution in [0.15, 0.2) is 29.4 Å². The third kappa shape index (κ3) is 7.38. The monoisotopic (exact) mass is 600 g/mol. The fourth-order valence-electron chi connectivity index (χ4n) is 5.92. The fourth-order valence-corrected chi connectivity index (χ4v) is 6.11. The van der Waals surface area contributed by atoms with Crippen molar-refractivity contribution < 1.29 is 28.8 Å². The Morgan fingerprint density at radius 2 is 1.79 bits per heavy atom. The number of hydrogen-bond donors (Lipinski definition) is 3. The van der Waals surface area contributed by atoms with Crippen molar-refractivity contribution in [2.24, 2.45) is 22.4 Å². The molecule has 0 aromatic heterocycles. The van der Waals surface area contributed by atoms with Crippen molar-refractivity contribution in [3.63, 3.8) is 0 Å². The number of amides is 3. The topological polar surface area (TPSA) is 143 Å². The summed E-state index contributed by atoms with van der Waals surface area (Å²) in [6.45, 7) is 8.78. The first kappa shape index (κ1) is 31.7. The Morgan fingerprint density at radius 3 is 2.38 bits per heavy atom. The van der Waals surface area contributed by atoms with Crippen molar-refractivity contribution in [2.75, 3.05) is 0 Å². The van der Waals surface area contributed by atoms with E-state index >= 15 is 0 Å². The van der Waals surface area contributed by atoms with Crippen molar-refractivity contribution in [1.82, 2.24) is 16.0 Å². The van der Waals surface area contributed by atoms with Gasteiger partial charge in [-0.3, -0.25) is 24.0 Å². The standard InChI is InChI=1S/C31H41ClN4O6/c1-6-8-23(26(39)29(41)34-20-11-12-20)35-28(40)22-15-31(16-24(36-42-31)18-9-7-10-19(32)13-18)14-21(22)25(38)27(30(3,4)5)33-17(2)37/h7,9-10,13,20-23,27H,6,8,11-12,14-16H2,1-5H3,(H,33,37)(H,34,41)(H,35,40)/t21?,22-,23+,27-,31+/m1/s1. The minimum absolute atomic E-state index is 0.00688. The Morgan fingerprint density at radius 1 is 1.10 bits per heavy atom. The van der Waals surface area contributed by atoms with Gasteiger partial charge in [-0.15, -0.1) is 0 Å². The van der Waals surface area contributed by atoms with Crippen LogP contribution in [0, 0.1) is 17.3 Å². The average Bonchev–Trinajstić information content (AvgIpc) is 3.51. The number of oxime groups is 1. The number of Topliss-reactive ketones (excluding diaryl/α,β-unsaturated/α-hetero) is 2. The summed E-state index contributed by atoms with van der Waals surface area (Å²) in [4.78, 5) is 71.6. The number of rotatable bonds is 11. The summed E-state index contributed by atoms with van der Waals surface area (Å²) in [5.74, 6) is -4.19. The Labute approximate surface area is 251 Å². The molecule has 5 atom stereocenters. The lowest BCUT2D eigenvalue weighted by Crippen LogP contribution is -2.53. The molecule has 1 heterocycles.